The molecule has 2 aliphatic carbocycles. The van der Waals surface area contributed by atoms with Crippen LogP contribution in [-0.2, 0) is 9.47 Å². The fourth-order valence-electron chi connectivity index (χ4n) is 8.42. The van der Waals surface area contributed by atoms with Crippen LogP contribution in [0.2, 0.25) is 0 Å². The Labute approximate surface area is 290 Å². The zero-order chi connectivity index (χ0) is 35.0. The molecule has 3 fully saturated rings. The molecule has 2 saturated carbocycles. The minimum Gasteiger partial charge on any atom is -0.508 e. The minimum atomic E-state index is -0.823. The van der Waals surface area contributed by atoms with Crippen LogP contribution < -0.4 is 9.64 Å². The summed E-state index contributed by atoms with van der Waals surface area (Å²) in [6.45, 7) is 3.95. The molecule has 4 aromatic rings. The van der Waals surface area contributed by atoms with Crippen molar-refractivity contribution in [3.05, 3.63) is 47.7 Å². The number of ether oxygens (including phenoxy) is 3. The molecule has 7 rings (SSSR count). The van der Waals surface area contributed by atoms with E-state index in [0.717, 1.165) is 51.5 Å². The van der Waals surface area contributed by atoms with E-state index in [2.05, 4.69) is 20.8 Å². The number of hydrogen-bond acceptors (Lipinski definition) is 10. The van der Waals surface area contributed by atoms with Gasteiger partial charge in [-0.3, -0.25) is 9.88 Å². The molecule has 0 spiro atoms. The number of piperidine rings is 1. The summed E-state index contributed by atoms with van der Waals surface area (Å²) in [5.74, 6) is 0.977. The number of aliphatic hydroxyl groups is 1. The molecule has 0 amide bonds. The monoisotopic (exact) mass is 687 g/mol. The number of benzene rings is 2. The first-order valence-corrected chi connectivity index (χ1v) is 17.4. The van der Waals surface area contributed by atoms with Crippen LogP contribution in [0.4, 0.5) is 14.6 Å². The Morgan fingerprint density at radius 1 is 1.16 bits per heavy atom. The number of phenols is 1. The SMILES string of the molecule is C#Cc1c(F)ccc2cc(O)cc(-c3ncc4c(N(CO)CCOCC)nc(OCC56CCCC5N(C5CC(OC)C5)CCC6)nc4c3F)c12. The standard InChI is InChI=1S/C38H43F2N5O5/c1-4-27-30(39)10-9-23-16-25(47)19-28(32(23)27)34-33(40)35-29(20-41-34)36(44(22-46)14-15-49-5-2)43-37(42-35)50-21-38-11-6-8-31(38)45(13-7-12-38)24-17-26(18-24)48-3/h1,9-10,16,19-20,24,26,31,46-47H,5-8,11-15,17-18,21-22H2,2-3H3. The van der Waals surface area contributed by atoms with Crippen molar-refractivity contribution in [2.24, 2.45) is 5.41 Å². The van der Waals surface area contributed by atoms with Gasteiger partial charge in [0.1, 0.15) is 35.3 Å². The molecule has 264 valence electrons. The van der Waals surface area contributed by atoms with Gasteiger partial charge >= 0.3 is 6.01 Å². The number of aromatic nitrogens is 3. The number of rotatable bonds is 12. The van der Waals surface area contributed by atoms with Crippen LogP contribution in [0.1, 0.15) is 57.4 Å². The van der Waals surface area contributed by atoms with Gasteiger partial charge in [-0.2, -0.15) is 9.97 Å². The van der Waals surface area contributed by atoms with Crippen LogP contribution >= 0.6 is 0 Å². The number of likely N-dealkylation sites (tertiary alicyclic amines) is 1. The average molecular weight is 688 g/mol. The van der Waals surface area contributed by atoms with Crippen molar-refractivity contribution in [1.82, 2.24) is 19.9 Å². The average Bonchev–Trinajstić information content (AvgIpc) is 3.54. The summed E-state index contributed by atoms with van der Waals surface area (Å²) in [5, 5.41) is 21.9. The molecule has 2 N–H and O–H groups in total. The maximum Gasteiger partial charge on any atom is 0.319 e. The number of anilines is 1. The molecule has 3 heterocycles. The zero-order valence-corrected chi connectivity index (χ0v) is 28.5. The van der Waals surface area contributed by atoms with E-state index in [-0.39, 0.29) is 62.6 Å². The van der Waals surface area contributed by atoms with Gasteiger partial charge in [-0.05, 0) is 75.6 Å². The Balaban J connectivity index is 1.30. The molecule has 0 radical (unpaired) electrons. The molecule has 12 heteroatoms. The van der Waals surface area contributed by atoms with Gasteiger partial charge in [0.15, 0.2) is 5.82 Å². The van der Waals surface area contributed by atoms with Crippen molar-refractivity contribution in [2.45, 2.75) is 70.1 Å². The molecule has 50 heavy (non-hydrogen) atoms. The number of nitrogens with zero attached hydrogens (tertiary/aromatic N) is 5. The number of fused-ring (bicyclic) bond motifs is 3. The Kier molecular flexibility index (Phi) is 9.76. The summed E-state index contributed by atoms with van der Waals surface area (Å²) >= 11 is 0. The van der Waals surface area contributed by atoms with E-state index in [1.54, 1.807) is 12.0 Å². The van der Waals surface area contributed by atoms with Crippen LogP contribution in [0.3, 0.4) is 0 Å². The highest BCUT2D eigenvalue weighted by atomic mass is 19.1. The number of hydrogen-bond donors (Lipinski definition) is 2. The van der Waals surface area contributed by atoms with Crippen molar-refractivity contribution in [3.63, 3.8) is 0 Å². The van der Waals surface area contributed by atoms with Crippen molar-refractivity contribution in [1.29, 1.82) is 0 Å². The molecule has 2 unspecified atom stereocenters. The largest absolute Gasteiger partial charge is 0.508 e. The number of phenolic OH excluding ortho intramolecular Hbond substituents is 1. The van der Waals surface area contributed by atoms with Crippen LogP contribution in [-0.4, -0.2) is 95.0 Å². The number of pyridine rings is 1. The number of methoxy groups -OCH3 is 1. The number of halogens is 2. The number of aliphatic hydroxyl groups excluding tert-OH is 1. The fourth-order valence-corrected chi connectivity index (χ4v) is 8.42. The molecule has 2 aromatic heterocycles. The smallest absolute Gasteiger partial charge is 0.319 e. The van der Waals surface area contributed by atoms with Gasteiger partial charge < -0.3 is 29.3 Å². The third kappa shape index (κ3) is 6.10. The normalized spacial score (nSPS) is 23.5. The van der Waals surface area contributed by atoms with Crippen molar-refractivity contribution >= 4 is 27.5 Å². The number of terminal acetylenes is 1. The van der Waals surface area contributed by atoms with E-state index in [1.807, 2.05) is 6.92 Å². The molecule has 2 atom stereocenters. The lowest BCUT2D eigenvalue weighted by Crippen LogP contribution is -2.59. The second kappa shape index (κ2) is 14.2. The molecule has 3 aliphatic rings. The van der Waals surface area contributed by atoms with Crippen LogP contribution in [0, 0.1) is 29.4 Å². The lowest BCUT2D eigenvalue weighted by atomic mass is 9.73. The van der Waals surface area contributed by atoms with E-state index in [4.69, 9.17) is 25.6 Å². The van der Waals surface area contributed by atoms with E-state index in [0.29, 0.717) is 43.4 Å². The first-order valence-electron chi connectivity index (χ1n) is 17.4. The molecule has 1 saturated heterocycles. The summed E-state index contributed by atoms with van der Waals surface area (Å²) in [5.41, 5.74) is -0.302. The van der Waals surface area contributed by atoms with Crippen molar-refractivity contribution < 1.29 is 33.2 Å². The molecular weight excluding hydrogens is 644 g/mol. The predicted molar refractivity (Wildman–Crippen MR) is 186 cm³/mol. The molecular formula is C38H43F2N5O5. The minimum absolute atomic E-state index is 0.0187. The predicted octanol–water partition coefficient (Wildman–Crippen LogP) is 5.79. The van der Waals surface area contributed by atoms with Crippen molar-refractivity contribution in [2.75, 3.05) is 51.7 Å². The first-order chi connectivity index (χ1) is 24.3. The zero-order valence-electron chi connectivity index (χ0n) is 28.5. The van der Waals surface area contributed by atoms with Gasteiger partial charge in [0.05, 0.1) is 30.3 Å². The lowest BCUT2D eigenvalue weighted by molar-refractivity contribution is -0.0845. The second-order valence-electron chi connectivity index (χ2n) is 13.7. The van der Waals surface area contributed by atoms with E-state index in [9.17, 15) is 14.6 Å². The summed E-state index contributed by atoms with van der Waals surface area (Å²) in [6, 6.07) is 6.29. The topological polar surface area (TPSA) is 113 Å². The van der Waals surface area contributed by atoms with Gasteiger partial charge in [0, 0.05) is 54.9 Å². The summed E-state index contributed by atoms with van der Waals surface area (Å²) in [6.07, 6.45) is 14.8. The molecule has 10 nitrogen and oxygen atoms in total. The third-order valence-corrected chi connectivity index (χ3v) is 11.0. The molecule has 2 aromatic carbocycles. The molecule has 1 aliphatic heterocycles. The van der Waals surface area contributed by atoms with Gasteiger partial charge in [0.25, 0.3) is 0 Å². The molecule has 0 bridgehead atoms. The van der Waals surface area contributed by atoms with Crippen LogP contribution in [0.25, 0.3) is 32.9 Å². The van der Waals surface area contributed by atoms with E-state index >= 15 is 4.39 Å². The quantitative estimate of drug-likeness (QED) is 0.108. The first kappa shape index (κ1) is 34.3. The highest BCUT2D eigenvalue weighted by Gasteiger charge is 2.51. The second-order valence-corrected chi connectivity index (χ2v) is 13.7. The number of aromatic hydroxyl groups is 1. The summed E-state index contributed by atoms with van der Waals surface area (Å²) < 4.78 is 49.3. The maximum absolute atomic E-state index is 16.9. The van der Waals surface area contributed by atoms with Gasteiger partial charge in [-0.25, -0.2) is 8.78 Å². The third-order valence-electron chi connectivity index (χ3n) is 11.0. The van der Waals surface area contributed by atoms with Gasteiger partial charge in [-0.1, -0.05) is 18.4 Å². The summed E-state index contributed by atoms with van der Waals surface area (Å²) in [4.78, 5) is 18.0. The Morgan fingerprint density at radius 3 is 2.74 bits per heavy atom. The van der Waals surface area contributed by atoms with Gasteiger partial charge in [-0.15, -0.1) is 6.42 Å². The summed E-state index contributed by atoms with van der Waals surface area (Å²) in [7, 11) is 1.78. The Hall–Kier alpha value is -4.15. The highest BCUT2D eigenvalue weighted by Crippen LogP contribution is 2.50. The Morgan fingerprint density at radius 2 is 1.98 bits per heavy atom. The van der Waals surface area contributed by atoms with Gasteiger partial charge in [0.2, 0.25) is 0 Å². The fraction of sp³-hybridized carbons (Fsp3) is 0.500. The lowest BCUT2D eigenvalue weighted by Gasteiger charge is -2.53. The van der Waals surface area contributed by atoms with E-state index < -0.39 is 18.4 Å². The van der Waals surface area contributed by atoms with Crippen LogP contribution in [0.15, 0.2) is 30.5 Å². The highest BCUT2D eigenvalue weighted by molar-refractivity contribution is 6.03. The maximum atomic E-state index is 16.9. The Bertz CT molecular complexity index is 1930. The van der Waals surface area contributed by atoms with Crippen LogP contribution in [0.5, 0.6) is 11.8 Å². The van der Waals surface area contributed by atoms with E-state index in [1.165, 1.54) is 30.5 Å². The van der Waals surface area contributed by atoms with Crippen molar-refractivity contribution in [3.8, 4) is 35.4 Å².